The lowest BCUT2D eigenvalue weighted by molar-refractivity contribution is 0.244. The lowest BCUT2D eigenvalue weighted by Gasteiger charge is -2.36. The lowest BCUT2D eigenvalue weighted by atomic mass is 10.1. The van der Waals surface area contributed by atoms with E-state index in [4.69, 9.17) is 4.74 Å². The first-order chi connectivity index (χ1) is 16.2. The topological polar surface area (TPSA) is 56.8 Å². The standard InChI is InChI=1S/C27H32N4O2/c1-33-26-14-6-5-13-25(26)31-19-17-30(18-20-31)16-8-15-28-27(32)29-24-12-7-11-23(21-24)22-9-3-2-4-10-22/h2-7,9-14,21H,8,15-20H2,1H3,(H2,28,29,32). The zero-order chi connectivity index (χ0) is 22.9. The molecule has 1 aliphatic rings. The predicted molar refractivity (Wildman–Crippen MR) is 135 cm³/mol. The van der Waals surface area contributed by atoms with Crippen LogP contribution in [0.1, 0.15) is 6.42 Å². The molecule has 1 heterocycles. The van der Waals surface area contributed by atoms with Crippen LogP contribution in [0.5, 0.6) is 5.75 Å². The summed E-state index contributed by atoms with van der Waals surface area (Å²) in [5.41, 5.74) is 4.17. The Labute approximate surface area is 196 Å². The molecule has 172 valence electrons. The monoisotopic (exact) mass is 444 g/mol. The fourth-order valence-corrected chi connectivity index (χ4v) is 4.19. The highest BCUT2D eigenvalue weighted by molar-refractivity contribution is 5.90. The van der Waals surface area contributed by atoms with Gasteiger partial charge < -0.3 is 20.3 Å². The van der Waals surface area contributed by atoms with Crippen molar-refractivity contribution in [3.63, 3.8) is 0 Å². The van der Waals surface area contributed by atoms with E-state index in [0.717, 1.165) is 67.4 Å². The fraction of sp³-hybridized carbons (Fsp3) is 0.296. The van der Waals surface area contributed by atoms with Crippen molar-refractivity contribution in [1.82, 2.24) is 10.2 Å². The Balaban J connectivity index is 1.16. The smallest absolute Gasteiger partial charge is 0.319 e. The van der Waals surface area contributed by atoms with Crippen molar-refractivity contribution in [1.29, 1.82) is 0 Å². The molecule has 6 nitrogen and oxygen atoms in total. The molecule has 0 aromatic heterocycles. The number of amides is 2. The molecule has 0 radical (unpaired) electrons. The molecule has 2 amide bonds. The number of anilines is 2. The third-order valence-electron chi connectivity index (χ3n) is 5.96. The van der Waals surface area contributed by atoms with Gasteiger partial charge in [-0.15, -0.1) is 0 Å². The van der Waals surface area contributed by atoms with E-state index >= 15 is 0 Å². The molecule has 2 N–H and O–H groups in total. The second kappa shape index (κ2) is 11.4. The van der Waals surface area contributed by atoms with Gasteiger partial charge in [-0.25, -0.2) is 4.79 Å². The predicted octanol–water partition coefficient (Wildman–Crippen LogP) is 4.70. The second-order valence-electron chi connectivity index (χ2n) is 8.18. The van der Waals surface area contributed by atoms with Gasteiger partial charge in [0.1, 0.15) is 5.75 Å². The summed E-state index contributed by atoms with van der Waals surface area (Å²) in [4.78, 5) is 17.2. The maximum absolute atomic E-state index is 12.3. The molecule has 1 aliphatic heterocycles. The van der Waals surface area contributed by atoms with Gasteiger partial charge >= 0.3 is 6.03 Å². The third kappa shape index (κ3) is 6.26. The number of hydrogen-bond donors (Lipinski definition) is 2. The van der Waals surface area contributed by atoms with Gasteiger partial charge in [0.15, 0.2) is 0 Å². The minimum Gasteiger partial charge on any atom is -0.495 e. The lowest BCUT2D eigenvalue weighted by Crippen LogP contribution is -2.47. The van der Waals surface area contributed by atoms with Gasteiger partial charge in [0, 0.05) is 38.4 Å². The number of ether oxygens (including phenoxy) is 1. The SMILES string of the molecule is COc1ccccc1N1CCN(CCCNC(=O)Nc2cccc(-c3ccccc3)c2)CC1. The summed E-state index contributed by atoms with van der Waals surface area (Å²) in [6.45, 7) is 5.60. The van der Waals surface area contributed by atoms with Crippen molar-refractivity contribution in [2.75, 3.05) is 56.6 Å². The van der Waals surface area contributed by atoms with E-state index in [1.165, 1.54) is 0 Å². The molecular formula is C27H32N4O2. The van der Waals surface area contributed by atoms with Crippen LogP contribution in [0.15, 0.2) is 78.9 Å². The number of rotatable bonds is 8. The van der Waals surface area contributed by atoms with Crippen LogP contribution in [0.2, 0.25) is 0 Å². The molecule has 0 aliphatic carbocycles. The Morgan fingerprint density at radius 2 is 1.61 bits per heavy atom. The molecule has 1 saturated heterocycles. The fourth-order valence-electron chi connectivity index (χ4n) is 4.19. The van der Waals surface area contributed by atoms with Crippen molar-refractivity contribution in [2.45, 2.75) is 6.42 Å². The van der Waals surface area contributed by atoms with Crippen molar-refractivity contribution in [2.24, 2.45) is 0 Å². The van der Waals surface area contributed by atoms with Gasteiger partial charge in [-0.2, -0.15) is 0 Å². The van der Waals surface area contributed by atoms with Gasteiger partial charge in [0.25, 0.3) is 0 Å². The molecule has 0 saturated carbocycles. The van der Waals surface area contributed by atoms with Gasteiger partial charge in [0.2, 0.25) is 0 Å². The van der Waals surface area contributed by atoms with Crippen molar-refractivity contribution >= 4 is 17.4 Å². The van der Waals surface area contributed by atoms with Crippen molar-refractivity contribution in [3.8, 4) is 16.9 Å². The zero-order valence-electron chi connectivity index (χ0n) is 19.2. The number of carbonyl (C=O) groups excluding carboxylic acids is 1. The van der Waals surface area contributed by atoms with Gasteiger partial charge in [-0.3, -0.25) is 4.90 Å². The first kappa shape index (κ1) is 22.7. The van der Waals surface area contributed by atoms with Crippen LogP contribution in [0.25, 0.3) is 11.1 Å². The number of para-hydroxylation sites is 2. The molecule has 3 aromatic rings. The molecule has 0 unspecified atom stereocenters. The average molecular weight is 445 g/mol. The molecule has 33 heavy (non-hydrogen) atoms. The van der Waals surface area contributed by atoms with Crippen LogP contribution < -0.4 is 20.3 Å². The zero-order valence-corrected chi connectivity index (χ0v) is 19.2. The number of nitrogens with zero attached hydrogens (tertiary/aromatic N) is 2. The molecule has 1 fully saturated rings. The summed E-state index contributed by atoms with van der Waals surface area (Å²) in [5.74, 6) is 0.926. The average Bonchev–Trinajstić information content (AvgIpc) is 2.88. The van der Waals surface area contributed by atoms with E-state index in [1.54, 1.807) is 7.11 Å². The Hall–Kier alpha value is -3.51. The number of carbonyl (C=O) groups is 1. The van der Waals surface area contributed by atoms with Crippen LogP contribution in [0.3, 0.4) is 0 Å². The molecule has 0 spiro atoms. The second-order valence-corrected chi connectivity index (χ2v) is 8.18. The highest BCUT2D eigenvalue weighted by atomic mass is 16.5. The highest BCUT2D eigenvalue weighted by Gasteiger charge is 2.19. The van der Waals surface area contributed by atoms with Crippen LogP contribution in [0.4, 0.5) is 16.2 Å². The van der Waals surface area contributed by atoms with Crippen LogP contribution in [0, 0.1) is 0 Å². The van der Waals surface area contributed by atoms with Gasteiger partial charge in [0.05, 0.1) is 12.8 Å². The highest BCUT2D eigenvalue weighted by Crippen LogP contribution is 2.28. The molecule has 0 bridgehead atoms. The summed E-state index contributed by atoms with van der Waals surface area (Å²) >= 11 is 0. The van der Waals surface area contributed by atoms with E-state index in [1.807, 2.05) is 54.6 Å². The summed E-state index contributed by atoms with van der Waals surface area (Å²) in [6, 6.07) is 26.1. The molecule has 3 aromatic carbocycles. The molecular weight excluding hydrogens is 412 g/mol. The minimum absolute atomic E-state index is 0.166. The summed E-state index contributed by atoms with van der Waals surface area (Å²) in [7, 11) is 1.72. The number of hydrogen-bond acceptors (Lipinski definition) is 4. The van der Waals surface area contributed by atoms with E-state index in [-0.39, 0.29) is 6.03 Å². The number of benzene rings is 3. The number of urea groups is 1. The number of piperazine rings is 1. The Morgan fingerprint density at radius 1 is 0.879 bits per heavy atom. The van der Waals surface area contributed by atoms with Gasteiger partial charge in [-0.05, 0) is 48.4 Å². The van der Waals surface area contributed by atoms with Crippen LogP contribution in [-0.4, -0.2) is 57.3 Å². The maximum atomic E-state index is 12.3. The van der Waals surface area contributed by atoms with Gasteiger partial charge in [-0.1, -0.05) is 54.6 Å². The van der Waals surface area contributed by atoms with E-state index in [0.29, 0.717) is 6.54 Å². The summed E-state index contributed by atoms with van der Waals surface area (Å²) in [5, 5.41) is 5.92. The summed E-state index contributed by atoms with van der Waals surface area (Å²) < 4.78 is 5.50. The quantitative estimate of drug-likeness (QED) is 0.495. The molecule has 4 rings (SSSR count). The Kier molecular flexibility index (Phi) is 7.82. The van der Waals surface area contributed by atoms with Crippen molar-refractivity contribution < 1.29 is 9.53 Å². The number of nitrogens with one attached hydrogen (secondary N) is 2. The minimum atomic E-state index is -0.166. The normalized spacial score (nSPS) is 14.0. The van der Waals surface area contributed by atoms with E-state index in [2.05, 4.69) is 44.7 Å². The van der Waals surface area contributed by atoms with E-state index in [9.17, 15) is 4.79 Å². The van der Waals surface area contributed by atoms with Crippen molar-refractivity contribution in [3.05, 3.63) is 78.9 Å². The summed E-state index contributed by atoms with van der Waals surface area (Å²) in [6.07, 6.45) is 0.923. The molecule has 0 atom stereocenters. The maximum Gasteiger partial charge on any atom is 0.319 e. The Morgan fingerprint density at radius 3 is 2.39 bits per heavy atom. The first-order valence-electron chi connectivity index (χ1n) is 11.5. The largest absolute Gasteiger partial charge is 0.495 e. The number of methoxy groups -OCH3 is 1. The Bertz CT molecular complexity index is 1030. The third-order valence-corrected chi connectivity index (χ3v) is 5.96. The molecule has 6 heteroatoms. The first-order valence-corrected chi connectivity index (χ1v) is 11.5. The van der Waals surface area contributed by atoms with Crippen LogP contribution in [-0.2, 0) is 0 Å². The van der Waals surface area contributed by atoms with E-state index < -0.39 is 0 Å². The van der Waals surface area contributed by atoms with Crippen LogP contribution >= 0.6 is 0 Å².